The van der Waals surface area contributed by atoms with Crippen LogP contribution >= 0.6 is 7.82 Å². The second kappa shape index (κ2) is 53.3. The number of carbonyl (C=O) groups excluding carboxylic acids is 1. The van der Waals surface area contributed by atoms with E-state index in [1.165, 1.54) is 116 Å². The van der Waals surface area contributed by atoms with Gasteiger partial charge in [-0.2, -0.15) is 0 Å². The lowest BCUT2D eigenvalue weighted by atomic mass is 10.0. The van der Waals surface area contributed by atoms with Crippen molar-refractivity contribution in [3.05, 3.63) is 97.2 Å². The summed E-state index contributed by atoms with van der Waals surface area (Å²) in [5.41, 5.74) is 0. The van der Waals surface area contributed by atoms with Crippen LogP contribution in [0, 0.1) is 0 Å². The minimum absolute atomic E-state index is 0.0668. The number of unbranched alkanes of at least 4 members (excludes halogenated alkanes) is 24. The highest BCUT2D eigenvalue weighted by Gasteiger charge is 2.28. The number of phosphoric ester groups is 1. The average molecular weight is 1030 g/mol. The lowest BCUT2D eigenvalue weighted by Gasteiger charge is -2.26. The van der Waals surface area contributed by atoms with Gasteiger partial charge in [-0.3, -0.25) is 13.8 Å². The smallest absolute Gasteiger partial charge is 0.391 e. The molecule has 0 rings (SSSR count). The quantitative estimate of drug-likeness (QED) is 0.0243. The Bertz CT molecular complexity index is 1490. The maximum absolute atomic E-state index is 13.0. The predicted octanol–water partition coefficient (Wildman–Crippen LogP) is 18.2. The van der Waals surface area contributed by atoms with Crippen LogP contribution in [0.25, 0.3) is 0 Å². The Kier molecular flexibility index (Phi) is 51.3. The van der Waals surface area contributed by atoms with E-state index < -0.39 is 20.0 Å². The van der Waals surface area contributed by atoms with E-state index in [2.05, 4.69) is 116 Å². The molecule has 0 aliphatic carbocycles. The molecule has 0 aromatic carbocycles. The second-order valence-corrected chi connectivity index (χ2v) is 22.4. The molecule has 0 saturated heterocycles. The Morgan fingerprint density at radius 2 is 0.833 bits per heavy atom. The number of aliphatic hydroxyl groups is 1. The molecule has 0 heterocycles. The Morgan fingerprint density at radius 3 is 1.22 bits per heavy atom. The number of nitrogens with one attached hydrogen (secondary N) is 1. The third kappa shape index (κ3) is 55.2. The van der Waals surface area contributed by atoms with Crippen molar-refractivity contribution in [1.29, 1.82) is 0 Å². The summed E-state index contributed by atoms with van der Waals surface area (Å²) in [7, 11) is 1.60. The van der Waals surface area contributed by atoms with Gasteiger partial charge >= 0.3 is 7.82 Å². The van der Waals surface area contributed by atoms with Crippen molar-refractivity contribution < 1.29 is 32.9 Å². The van der Waals surface area contributed by atoms with Gasteiger partial charge in [0.1, 0.15) is 13.2 Å². The fourth-order valence-electron chi connectivity index (χ4n) is 8.24. The van der Waals surface area contributed by atoms with Crippen LogP contribution in [-0.2, 0) is 18.4 Å². The number of likely N-dealkylation sites (N-methyl/N-ethyl adjacent to an activating group) is 1. The molecule has 416 valence electrons. The third-order valence-corrected chi connectivity index (χ3v) is 13.8. The Balaban J connectivity index is 4.23. The van der Waals surface area contributed by atoms with E-state index in [1.807, 2.05) is 21.1 Å². The molecule has 0 bridgehead atoms. The summed E-state index contributed by atoms with van der Waals surface area (Å²) in [4.78, 5) is 23.4. The number of hydrogen-bond donors (Lipinski definition) is 3. The monoisotopic (exact) mass is 1030 g/mol. The number of carbonyl (C=O) groups is 1. The van der Waals surface area contributed by atoms with E-state index in [0.29, 0.717) is 23.9 Å². The molecule has 9 heteroatoms. The maximum atomic E-state index is 13.0. The van der Waals surface area contributed by atoms with Crippen LogP contribution in [0.1, 0.15) is 245 Å². The summed E-state index contributed by atoms with van der Waals surface area (Å²) in [6, 6.07) is -0.776. The molecule has 0 aliphatic heterocycles. The van der Waals surface area contributed by atoms with Crippen LogP contribution in [0.5, 0.6) is 0 Å². The van der Waals surface area contributed by atoms with Gasteiger partial charge in [-0.1, -0.05) is 259 Å². The van der Waals surface area contributed by atoms with Crippen LogP contribution in [0.15, 0.2) is 97.2 Å². The van der Waals surface area contributed by atoms with E-state index in [0.717, 1.165) is 103 Å². The number of allylic oxidation sites excluding steroid dienone is 16. The van der Waals surface area contributed by atoms with Gasteiger partial charge in [-0.05, 0) is 77.0 Å². The first-order chi connectivity index (χ1) is 35.0. The van der Waals surface area contributed by atoms with Crippen molar-refractivity contribution in [2.45, 2.75) is 257 Å². The predicted molar refractivity (Wildman–Crippen MR) is 313 cm³/mol. The van der Waals surface area contributed by atoms with E-state index in [9.17, 15) is 19.4 Å². The second-order valence-electron chi connectivity index (χ2n) is 21.0. The topological polar surface area (TPSA) is 105 Å². The summed E-state index contributed by atoms with van der Waals surface area (Å²) < 4.78 is 23.8. The highest BCUT2D eigenvalue weighted by Crippen LogP contribution is 2.43. The van der Waals surface area contributed by atoms with E-state index in [1.54, 1.807) is 0 Å². The molecule has 0 spiro atoms. The number of phosphoric acid groups is 1. The molecule has 0 aromatic heterocycles. The zero-order chi connectivity index (χ0) is 52.7. The van der Waals surface area contributed by atoms with Crippen LogP contribution in [0.2, 0.25) is 0 Å². The van der Waals surface area contributed by atoms with Gasteiger partial charge in [0.05, 0.1) is 39.9 Å². The Labute approximate surface area is 445 Å². The molecule has 0 radical (unpaired) electrons. The standard InChI is InChI=1S/C63H113N2O6P/c1-6-8-10-12-14-16-18-20-22-24-26-27-28-29-30-31-32-33-34-35-36-37-39-41-43-45-47-49-51-53-55-57-63(67)64-61(60-71-72(68,69)70-59-58-65(3,4)5)62(66)56-54-52-50-48-46-44-42-40-38-25-23-21-19-17-15-13-11-9-7-2/h8,10,14,16,20,22,26-27,29-30,32-33,35-36,39,41,61-62,66H,6-7,9,11-13,15,17-19,21,23-25,28,31,34,37-38,40,42-60H2,1-5H3,(H-,64,67,68,69)/p+1/b10-8-,16-14-,22-20-,27-26-,30-29-,33-32-,36-35-,41-39-. The Morgan fingerprint density at radius 1 is 0.486 bits per heavy atom. The molecule has 8 nitrogen and oxygen atoms in total. The zero-order valence-corrected chi connectivity index (χ0v) is 48.3. The van der Waals surface area contributed by atoms with Crippen molar-refractivity contribution in [3.63, 3.8) is 0 Å². The van der Waals surface area contributed by atoms with Crippen LogP contribution < -0.4 is 5.32 Å². The van der Waals surface area contributed by atoms with Crippen molar-refractivity contribution in [2.24, 2.45) is 0 Å². The lowest BCUT2D eigenvalue weighted by Crippen LogP contribution is -2.46. The van der Waals surface area contributed by atoms with Gasteiger partial charge < -0.3 is 19.8 Å². The number of hydrogen-bond acceptors (Lipinski definition) is 5. The molecule has 0 aliphatic rings. The van der Waals surface area contributed by atoms with Gasteiger partial charge in [-0.25, -0.2) is 4.57 Å². The number of aliphatic hydroxyl groups excluding tert-OH is 1. The fourth-order valence-corrected chi connectivity index (χ4v) is 8.98. The van der Waals surface area contributed by atoms with Gasteiger partial charge in [0.15, 0.2) is 0 Å². The molecule has 72 heavy (non-hydrogen) atoms. The molecule has 3 atom stereocenters. The maximum Gasteiger partial charge on any atom is 0.472 e. The highest BCUT2D eigenvalue weighted by atomic mass is 31.2. The Hall–Kier alpha value is -2.58. The number of quaternary nitrogens is 1. The summed E-state index contributed by atoms with van der Waals surface area (Å²) in [6.07, 6.45) is 76.0. The summed E-state index contributed by atoms with van der Waals surface area (Å²) in [5.74, 6) is -0.161. The zero-order valence-electron chi connectivity index (χ0n) is 47.4. The van der Waals surface area contributed by atoms with Crippen LogP contribution in [0.4, 0.5) is 0 Å². The van der Waals surface area contributed by atoms with Gasteiger partial charge in [0, 0.05) is 6.42 Å². The van der Waals surface area contributed by atoms with E-state index in [-0.39, 0.29) is 19.1 Å². The van der Waals surface area contributed by atoms with E-state index in [4.69, 9.17) is 9.05 Å². The SMILES string of the molecule is CC/C=C\C/C=C\C/C=C\C/C=C\C/C=C\C/C=C\C/C=C\C/C=C\CCCCCCCCC(=O)NC(COP(=O)(O)OCC[N+](C)(C)C)C(O)CCCCCCCCCCCCCCCCCCCCC. The highest BCUT2D eigenvalue weighted by molar-refractivity contribution is 7.47. The minimum atomic E-state index is -4.34. The third-order valence-electron chi connectivity index (χ3n) is 12.8. The summed E-state index contributed by atoms with van der Waals surface area (Å²) in [6.45, 7) is 4.77. The van der Waals surface area contributed by atoms with Gasteiger partial charge in [0.25, 0.3) is 0 Å². The number of amides is 1. The first kappa shape index (κ1) is 69.4. The van der Waals surface area contributed by atoms with Crippen LogP contribution in [-0.4, -0.2) is 73.4 Å². The first-order valence-electron chi connectivity index (χ1n) is 29.6. The van der Waals surface area contributed by atoms with Crippen molar-refractivity contribution in [3.8, 4) is 0 Å². The number of nitrogens with zero attached hydrogens (tertiary/aromatic N) is 1. The fraction of sp³-hybridized carbons (Fsp3) is 0.730. The van der Waals surface area contributed by atoms with Crippen molar-refractivity contribution in [1.82, 2.24) is 5.32 Å². The van der Waals surface area contributed by atoms with Gasteiger partial charge in [0.2, 0.25) is 5.91 Å². The molecule has 0 aromatic rings. The number of rotatable bonds is 53. The first-order valence-corrected chi connectivity index (χ1v) is 31.1. The molecule has 3 N–H and O–H groups in total. The molecule has 1 amide bonds. The van der Waals surface area contributed by atoms with E-state index >= 15 is 0 Å². The molecule has 0 saturated carbocycles. The molecular weight excluding hydrogens is 912 g/mol. The normalized spacial score (nSPS) is 14.6. The largest absolute Gasteiger partial charge is 0.472 e. The molecular formula is C63H114N2O6P+. The van der Waals surface area contributed by atoms with Gasteiger partial charge in [-0.15, -0.1) is 0 Å². The average Bonchev–Trinajstić information content (AvgIpc) is 3.34. The molecule has 3 unspecified atom stereocenters. The summed E-state index contributed by atoms with van der Waals surface area (Å²) in [5, 5.41) is 14.1. The molecule has 0 fully saturated rings. The van der Waals surface area contributed by atoms with Crippen molar-refractivity contribution in [2.75, 3.05) is 40.9 Å². The lowest BCUT2D eigenvalue weighted by molar-refractivity contribution is -0.870. The summed E-state index contributed by atoms with van der Waals surface area (Å²) >= 11 is 0. The minimum Gasteiger partial charge on any atom is -0.391 e. The van der Waals surface area contributed by atoms with Crippen LogP contribution in [0.3, 0.4) is 0 Å². The van der Waals surface area contributed by atoms with Crippen molar-refractivity contribution >= 4 is 13.7 Å².